The number of rotatable bonds is 7. The van der Waals surface area contributed by atoms with Crippen LogP contribution in [0.5, 0.6) is 0 Å². The molecule has 0 aliphatic rings. The lowest BCUT2D eigenvalue weighted by Gasteiger charge is -2.23. The van der Waals surface area contributed by atoms with Crippen LogP contribution in [0, 0.1) is 5.92 Å². The van der Waals surface area contributed by atoms with Crippen LogP contribution in [0.1, 0.15) is 31.9 Å². The Labute approximate surface area is 130 Å². The standard InChI is InChI=1S/C16H22N2O4/c1-11(16(21)22)10-18(3)15(20)9-14(17-12(2)19)13-7-5-4-6-8-13/h4-8,11,14H,9-10H2,1-3H3,(H,17,19)(H,21,22). The molecule has 0 radical (unpaired) electrons. The second kappa shape index (κ2) is 8.17. The minimum Gasteiger partial charge on any atom is -0.481 e. The number of nitrogens with zero attached hydrogens (tertiary/aromatic N) is 1. The highest BCUT2D eigenvalue weighted by atomic mass is 16.4. The monoisotopic (exact) mass is 306 g/mol. The zero-order valence-corrected chi connectivity index (χ0v) is 13.1. The van der Waals surface area contributed by atoms with Gasteiger partial charge in [-0.05, 0) is 5.56 Å². The van der Waals surface area contributed by atoms with Crippen molar-refractivity contribution < 1.29 is 19.5 Å². The normalized spacial score (nSPS) is 13.0. The van der Waals surface area contributed by atoms with E-state index in [1.807, 2.05) is 30.3 Å². The van der Waals surface area contributed by atoms with Gasteiger partial charge in [0.2, 0.25) is 11.8 Å². The van der Waals surface area contributed by atoms with E-state index in [1.165, 1.54) is 11.8 Å². The molecule has 2 unspecified atom stereocenters. The minimum absolute atomic E-state index is 0.0897. The number of amides is 2. The van der Waals surface area contributed by atoms with Gasteiger partial charge in [0, 0.05) is 20.5 Å². The van der Waals surface area contributed by atoms with Gasteiger partial charge >= 0.3 is 5.97 Å². The molecule has 2 N–H and O–H groups in total. The van der Waals surface area contributed by atoms with Crippen LogP contribution in [0.4, 0.5) is 0 Å². The lowest BCUT2D eigenvalue weighted by Crippen LogP contribution is -2.37. The first-order valence-electron chi connectivity index (χ1n) is 7.10. The maximum Gasteiger partial charge on any atom is 0.308 e. The summed E-state index contributed by atoms with van der Waals surface area (Å²) in [6.07, 6.45) is 0.0897. The van der Waals surface area contributed by atoms with Crippen LogP contribution in [-0.2, 0) is 14.4 Å². The number of aliphatic carboxylic acids is 1. The third kappa shape index (κ3) is 5.55. The minimum atomic E-state index is -0.943. The highest BCUT2D eigenvalue weighted by Gasteiger charge is 2.22. The highest BCUT2D eigenvalue weighted by Crippen LogP contribution is 2.18. The third-order valence-corrected chi connectivity index (χ3v) is 3.35. The molecule has 120 valence electrons. The van der Waals surface area contributed by atoms with Gasteiger partial charge in [-0.25, -0.2) is 0 Å². The van der Waals surface area contributed by atoms with E-state index in [2.05, 4.69) is 5.32 Å². The van der Waals surface area contributed by atoms with E-state index in [9.17, 15) is 14.4 Å². The van der Waals surface area contributed by atoms with Crippen molar-refractivity contribution in [2.75, 3.05) is 13.6 Å². The number of nitrogens with one attached hydrogen (secondary N) is 1. The Morgan fingerprint density at radius 1 is 1.23 bits per heavy atom. The van der Waals surface area contributed by atoms with Crippen LogP contribution < -0.4 is 5.32 Å². The summed E-state index contributed by atoms with van der Waals surface area (Å²) in [7, 11) is 1.57. The molecule has 22 heavy (non-hydrogen) atoms. The quantitative estimate of drug-likeness (QED) is 0.798. The second-order valence-electron chi connectivity index (χ2n) is 5.38. The zero-order valence-electron chi connectivity index (χ0n) is 13.1. The second-order valence-corrected chi connectivity index (χ2v) is 5.38. The maximum atomic E-state index is 12.2. The van der Waals surface area contributed by atoms with Gasteiger partial charge in [-0.1, -0.05) is 37.3 Å². The predicted octanol–water partition coefficient (Wildman–Crippen LogP) is 1.43. The van der Waals surface area contributed by atoms with Crippen molar-refractivity contribution in [3.05, 3.63) is 35.9 Å². The van der Waals surface area contributed by atoms with Crippen molar-refractivity contribution in [1.82, 2.24) is 10.2 Å². The molecule has 0 aliphatic heterocycles. The fourth-order valence-corrected chi connectivity index (χ4v) is 2.10. The Balaban J connectivity index is 2.75. The van der Waals surface area contributed by atoms with Gasteiger partial charge in [0.1, 0.15) is 0 Å². The number of carboxylic acid groups (broad SMARTS) is 1. The Kier molecular flexibility index (Phi) is 6.56. The van der Waals surface area contributed by atoms with Gasteiger partial charge in [0.05, 0.1) is 18.4 Å². The topological polar surface area (TPSA) is 86.7 Å². The molecular weight excluding hydrogens is 284 g/mol. The highest BCUT2D eigenvalue weighted by molar-refractivity contribution is 5.79. The van der Waals surface area contributed by atoms with Crippen molar-refractivity contribution in [3.8, 4) is 0 Å². The predicted molar refractivity (Wildman–Crippen MR) is 82.1 cm³/mol. The molecule has 0 aromatic heterocycles. The smallest absolute Gasteiger partial charge is 0.308 e. The Morgan fingerprint density at radius 2 is 1.82 bits per heavy atom. The molecule has 1 rings (SSSR count). The first-order chi connectivity index (χ1) is 10.3. The van der Waals surface area contributed by atoms with Gasteiger partial charge in [0.15, 0.2) is 0 Å². The summed E-state index contributed by atoms with van der Waals surface area (Å²) in [5.74, 6) is -2.01. The van der Waals surface area contributed by atoms with Crippen LogP contribution in [-0.4, -0.2) is 41.4 Å². The molecule has 0 spiro atoms. The fraction of sp³-hybridized carbons (Fsp3) is 0.438. The van der Waals surface area contributed by atoms with Gasteiger partial charge in [0.25, 0.3) is 0 Å². The molecule has 2 atom stereocenters. The summed E-state index contributed by atoms with van der Waals surface area (Å²) in [6.45, 7) is 3.08. The third-order valence-electron chi connectivity index (χ3n) is 3.35. The Morgan fingerprint density at radius 3 is 2.32 bits per heavy atom. The Hall–Kier alpha value is -2.37. The van der Waals surface area contributed by atoms with Crippen LogP contribution in [0.2, 0.25) is 0 Å². The lowest BCUT2D eigenvalue weighted by molar-refractivity contribution is -0.142. The summed E-state index contributed by atoms with van der Waals surface area (Å²) in [5.41, 5.74) is 0.839. The van der Waals surface area contributed by atoms with Crippen molar-refractivity contribution in [1.29, 1.82) is 0 Å². The van der Waals surface area contributed by atoms with Crippen molar-refractivity contribution >= 4 is 17.8 Å². The van der Waals surface area contributed by atoms with E-state index in [1.54, 1.807) is 14.0 Å². The molecule has 1 aromatic rings. The molecular formula is C16H22N2O4. The van der Waals surface area contributed by atoms with Crippen molar-refractivity contribution in [2.45, 2.75) is 26.3 Å². The average Bonchev–Trinajstić information content (AvgIpc) is 2.46. The van der Waals surface area contributed by atoms with Crippen LogP contribution in [0.3, 0.4) is 0 Å². The molecule has 2 amide bonds. The number of hydrogen-bond donors (Lipinski definition) is 2. The molecule has 0 heterocycles. The zero-order chi connectivity index (χ0) is 16.7. The molecule has 0 aliphatic carbocycles. The van der Waals surface area contributed by atoms with Crippen molar-refractivity contribution in [2.24, 2.45) is 5.92 Å². The van der Waals surface area contributed by atoms with E-state index >= 15 is 0 Å². The lowest BCUT2D eigenvalue weighted by atomic mass is 10.0. The summed E-state index contributed by atoms with van der Waals surface area (Å²) in [4.78, 5) is 35.8. The number of hydrogen-bond acceptors (Lipinski definition) is 3. The first kappa shape index (κ1) is 17.7. The summed E-state index contributed by atoms with van der Waals surface area (Å²) >= 11 is 0. The van der Waals surface area contributed by atoms with Crippen LogP contribution in [0.25, 0.3) is 0 Å². The summed E-state index contributed by atoms with van der Waals surface area (Å²) in [5, 5.41) is 11.7. The molecule has 6 heteroatoms. The summed E-state index contributed by atoms with van der Waals surface area (Å²) < 4.78 is 0. The fourth-order valence-electron chi connectivity index (χ4n) is 2.10. The molecule has 0 bridgehead atoms. The van der Waals surface area contributed by atoms with Gasteiger partial charge in [-0.3, -0.25) is 14.4 Å². The number of carboxylic acids is 1. The van der Waals surface area contributed by atoms with E-state index in [-0.39, 0.29) is 24.8 Å². The molecule has 6 nitrogen and oxygen atoms in total. The van der Waals surface area contributed by atoms with Crippen LogP contribution in [0.15, 0.2) is 30.3 Å². The van der Waals surface area contributed by atoms with E-state index in [0.29, 0.717) is 0 Å². The maximum absolute atomic E-state index is 12.2. The van der Waals surface area contributed by atoms with Crippen LogP contribution >= 0.6 is 0 Å². The average molecular weight is 306 g/mol. The molecule has 0 fully saturated rings. The van der Waals surface area contributed by atoms with Gasteiger partial charge < -0.3 is 15.3 Å². The van der Waals surface area contributed by atoms with Gasteiger partial charge in [-0.2, -0.15) is 0 Å². The molecule has 0 saturated heterocycles. The van der Waals surface area contributed by atoms with E-state index in [4.69, 9.17) is 5.11 Å². The van der Waals surface area contributed by atoms with E-state index < -0.39 is 17.9 Å². The Bertz CT molecular complexity index is 530. The molecule has 0 saturated carbocycles. The summed E-state index contributed by atoms with van der Waals surface area (Å²) in [6, 6.07) is 8.79. The largest absolute Gasteiger partial charge is 0.481 e. The SMILES string of the molecule is CC(=O)NC(CC(=O)N(C)CC(C)C(=O)O)c1ccccc1. The first-order valence-corrected chi connectivity index (χ1v) is 7.10. The van der Waals surface area contributed by atoms with Crippen molar-refractivity contribution in [3.63, 3.8) is 0 Å². The number of carbonyl (C=O) groups is 3. The number of carbonyl (C=O) groups excluding carboxylic acids is 2. The van der Waals surface area contributed by atoms with Gasteiger partial charge in [-0.15, -0.1) is 0 Å². The van der Waals surface area contributed by atoms with E-state index in [0.717, 1.165) is 5.56 Å². The molecule has 1 aromatic carbocycles. The number of benzene rings is 1.